The van der Waals surface area contributed by atoms with Crippen LogP contribution in [0.5, 0.6) is 11.5 Å². The fraction of sp³-hybridized carbons (Fsp3) is 0.133. The summed E-state index contributed by atoms with van der Waals surface area (Å²) < 4.78 is 11.7. The van der Waals surface area contributed by atoms with Crippen molar-refractivity contribution in [2.75, 3.05) is 6.61 Å². The van der Waals surface area contributed by atoms with E-state index in [0.717, 1.165) is 11.3 Å². The van der Waals surface area contributed by atoms with Crippen LogP contribution in [-0.2, 0) is 4.74 Å². The third-order valence-electron chi connectivity index (χ3n) is 2.82. The van der Waals surface area contributed by atoms with Crippen molar-refractivity contribution < 1.29 is 14.3 Å². The van der Waals surface area contributed by atoms with Gasteiger partial charge in [-0.25, -0.2) is 9.78 Å². The molecule has 0 saturated carbocycles. The van der Waals surface area contributed by atoms with Crippen LogP contribution in [0, 0.1) is 0 Å². The van der Waals surface area contributed by atoms with Gasteiger partial charge in [0.05, 0.1) is 12.8 Å². The van der Waals surface area contributed by atoms with Crippen LogP contribution >= 0.6 is 11.3 Å². The van der Waals surface area contributed by atoms with Gasteiger partial charge in [0, 0.05) is 6.20 Å². The topological polar surface area (TPSA) is 69.9 Å². The maximum Gasteiger partial charge on any atom is 0.349 e. The van der Waals surface area contributed by atoms with E-state index in [-0.39, 0.29) is 17.9 Å². The van der Waals surface area contributed by atoms with Crippen LogP contribution in [0.15, 0.2) is 47.5 Å². The Morgan fingerprint density at radius 2 is 2.09 bits per heavy atom. The van der Waals surface area contributed by atoms with Gasteiger partial charge < -0.3 is 9.47 Å². The number of rotatable bonds is 4. The van der Waals surface area contributed by atoms with Gasteiger partial charge in [-0.15, -0.1) is 0 Å². The molecule has 7 heteroatoms. The number of thiazole rings is 1. The Labute approximate surface area is 129 Å². The summed E-state index contributed by atoms with van der Waals surface area (Å²) in [6.07, 6.45) is 2.78. The molecular formula is C15H12N2O4S. The maximum atomic E-state index is 12.4. The summed E-state index contributed by atoms with van der Waals surface area (Å²) in [6, 6.07) is 8.95. The van der Waals surface area contributed by atoms with E-state index < -0.39 is 5.97 Å². The number of benzene rings is 1. The first-order chi connectivity index (χ1) is 10.7. The monoisotopic (exact) mass is 316 g/mol. The van der Waals surface area contributed by atoms with Gasteiger partial charge in [-0.05, 0) is 19.1 Å². The van der Waals surface area contributed by atoms with Crippen molar-refractivity contribution in [2.24, 2.45) is 0 Å². The number of esters is 1. The average molecular weight is 316 g/mol. The number of carbonyl (C=O) groups excluding carboxylic acids is 1. The summed E-state index contributed by atoms with van der Waals surface area (Å²) in [4.78, 5) is 29.0. The van der Waals surface area contributed by atoms with Crippen LogP contribution in [0.1, 0.15) is 16.6 Å². The second-order valence-corrected chi connectivity index (χ2v) is 5.32. The molecule has 2 aromatic heterocycles. The predicted octanol–water partition coefficient (Wildman–Crippen LogP) is 2.73. The lowest BCUT2D eigenvalue weighted by Gasteiger charge is -2.03. The molecule has 1 aromatic carbocycles. The van der Waals surface area contributed by atoms with Gasteiger partial charge in [0.15, 0.2) is 4.96 Å². The Balaban J connectivity index is 1.99. The Bertz CT molecular complexity index is 870. The molecule has 0 atom stereocenters. The fourth-order valence-electron chi connectivity index (χ4n) is 1.85. The van der Waals surface area contributed by atoms with Crippen LogP contribution in [-0.4, -0.2) is 22.0 Å². The van der Waals surface area contributed by atoms with E-state index in [0.29, 0.717) is 15.6 Å². The molecule has 22 heavy (non-hydrogen) atoms. The molecule has 0 saturated heterocycles. The Morgan fingerprint density at radius 1 is 1.32 bits per heavy atom. The summed E-state index contributed by atoms with van der Waals surface area (Å²) in [7, 11) is 0. The van der Waals surface area contributed by atoms with Crippen LogP contribution in [0.2, 0.25) is 0 Å². The van der Waals surface area contributed by atoms with E-state index in [9.17, 15) is 9.59 Å². The van der Waals surface area contributed by atoms with Gasteiger partial charge in [-0.3, -0.25) is 9.20 Å². The zero-order valence-corrected chi connectivity index (χ0v) is 12.5. The van der Waals surface area contributed by atoms with Gasteiger partial charge in [0.2, 0.25) is 5.75 Å². The van der Waals surface area contributed by atoms with Crippen LogP contribution in [0.25, 0.3) is 4.96 Å². The SMILES string of the molecule is CCOC(=O)c1cn2c(=O)c(Oc3ccccc3)cnc2s1. The largest absolute Gasteiger partial charge is 0.462 e. The molecule has 0 radical (unpaired) electrons. The lowest BCUT2D eigenvalue weighted by Crippen LogP contribution is -2.14. The number of hydrogen-bond acceptors (Lipinski definition) is 6. The minimum atomic E-state index is -0.470. The number of para-hydroxylation sites is 1. The molecule has 3 aromatic rings. The van der Waals surface area contributed by atoms with Crippen molar-refractivity contribution in [3.05, 3.63) is 58.0 Å². The first-order valence-corrected chi connectivity index (χ1v) is 7.42. The van der Waals surface area contributed by atoms with Crippen molar-refractivity contribution in [2.45, 2.75) is 6.92 Å². The summed E-state index contributed by atoms with van der Waals surface area (Å²) in [5.74, 6) is 0.169. The van der Waals surface area contributed by atoms with Gasteiger partial charge in [-0.1, -0.05) is 29.5 Å². The van der Waals surface area contributed by atoms with Crippen LogP contribution in [0.4, 0.5) is 0 Å². The quantitative estimate of drug-likeness (QED) is 0.692. The van der Waals surface area contributed by atoms with Crippen LogP contribution in [0.3, 0.4) is 0 Å². The molecule has 0 spiro atoms. The van der Waals surface area contributed by atoms with E-state index in [1.54, 1.807) is 19.1 Å². The van der Waals surface area contributed by atoms with Crippen molar-refractivity contribution in [1.29, 1.82) is 0 Å². The van der Waals surface area contributed by atoms with Gasteiger partial charge in [0.1, 0.15) is 10.6 Å². The Kier molecular flexibility index (Phi) is 3.88. The smallest absolute Gasteiger partial charge is 0.349 e. The molecule has 0 N–H and O–H groups in total. The Hall–Kier alpha value is -2.67. The standard InChI is InChI=1S/C15H12N2O4S/c1-2-20-14(19)12-9-17-13(18)11(8-16-15(17)22-12)21-10-6-4-3-5-7-10/h3-9H,2H2,1H3. The van der Waals surface area contributed by atoms with Crippen molar-refractivity contribution in [3.63, 3.8) is 0 Å². The van der Waals surface area contributed by atoms with Crippen molar-refractivity contribution >= 4 is 22.3 Å². The Morgan fingerprint density at radius 3 is 2.82 bits per heavy atom. The molecule has 0 bridgehead atoms. The molecule has 3 rings (SSSR count). The molecule has 0 amide bonds. The minimum Gasteiger partial charge on any atom is -0.462 e. The average Bonchev–Trinajstić information content (AvgIpc) is 2.97. The minimum absolute atomic E-state index is 0.0944. The highest BCUT2D eigenvalue weighted by atomic mass is 32.1. The number of carbonyl (C=O) groups is 1. The maximum absolute atomic E-state index is 12.4. The fourth-order valence-corrected chi connectivity index (χ4v) is 2.69. The number of fused-ring (bicyclic) bond motifs is 1. The molecular weight excluding hydrogens is 304 g/mol. The van der Waals surface area contributed by atoms with Gasteiger partial charge in [-0.2, -0.15) is 0 Å². The number of hydrogen-bond donors (Lipinski definition) is 0. The number of ether oxygens (including phenoxy) is 2. The highest BCUT2D eigenvalue weighted by molar-refractivity contribution is 7.18. The second-order valence-electron chi connectivity index (χ2n) is 4.31. The lowest BCUT2D eigenvalue weighted by atomic mass is 10.3. The molecule has 0 fully saturated rings. The molecule has 0 unspecified atom stereocenters. The molecule has 0 aliphatic carbocycles. The normalized spacial score (nSPS) is 10.6. The molecule has 112 valence electrons. The lowest BCUT2D eigenvalue weighted by molar-refractivity contribution is 0.0531. The van der Waals surface area contributed by atoms with E-state index in [1.165, 1.54) is 16.8 Å². The highest BCUT2D eigenvalue weighted by Gasteiger charge is 2.15. The predicted molar refractivity (Wildman–Crippen MR) is 81.8 cm³/mol. The first-order valence-electron chi connectivity index (χ1n) is 6.60. The van der Waals surface area contributed by atoms with E-state index in [1.807, 2.05) is 18.2 Å². The third-order valence-corrected chi connectivity index (χ3v) is 3.80. The van der Waals surface area contributed by atoms with Crippen LogP contribution < -0.4 is 10.3 Å². The highest BCUT2D eigenvalue weighted by Crippen LogP contribution is 2.20. The van der Waals surface area contributed by atoms with Gasteiger partial charge in [0.25, 0.3) is 0 Å². The van der Waals surface area contributed by atoms with Crippen molar-refractivity contribution in [1.82, 2.24) is 9.38 Å². The van der Waals surface area contributed by atoms with E-state index >= 15 is 0 Å². The van der Waals surface area contributed by atoms with E-state index in [4.69, 9.17) is 9.47 Å². The molecule has 6 nitrogen and oxygen atoms in total. The molecule has 0 aliphatic heterocycles. The summed E-state index contributed by atoms with van der Waals surface area (Å²) in [6.45, 7) is 2.00. The third kappa shape index (κ3) is 2.71. The zero-order chi connectivity index (χ0) is 15.5. The zero-order valence-electron chi connectivity index (χ0n) is 11.7. The number of nitrogens with zero attached hydrogens (tertiary/aromatic N) is 2. The van der Waals surface area contributed by atoms with Gasteiger partial charge >= 0.3 is 11.5 Å². The summed E-state index contributed by atoms with van der Waals surface area (Å²) >= 11 is 1.10. The van der Waals surface area contributed by atoms with E-state index in [2.05, 4.69) is 4.98 Å². The summed E-state index contributed by atoms with van der Waals surface area (Å²) in [5.41, 5.74) is -0.374. The van der Waals surface area contributed by atoms with Crippen molar-refractivity contribution in [3.8, 4) is 11.5 Å². The molecule has 2 heterocycles. The summed E-state index contributed by atoms with van der Waals surface area (Å²) in [5, 5.41) is 0. The molecule has 0 aliphatic rings. The second kappa shape index (κ2) is 5.98. The first kappa shape index (κ1) is 14.3. The number of aromatic nitrogens is 2.